The SMILES string of the molecule is CCCC(=O)c1c[nH]c2cccc(I)c2c1=O. The number of hydrogen-bond acceptors (Lipinski definition) is 2. The number of aromatic amines is 1. The molecule has 0 aliphatic rings. The van der Waals surface area contributed by atoms with Gasteiger partial charge in [-0.05, 0) is 41.1 Å². The summed E-state index contributed by atoms with van der Waals surface area (Å²) in [5.41, 5.74) is 0.876. The number of rotatable bonds is 3. The van der Waals surface area contributed by atoms with Gasteiger partial charge in [0.25, 0.3) is 0 Å². The number of Topliss-reactive ketones (excluding diaryl/α,β-unsaturated/α-hetero) is 1. The van der Waals surface area contributed by atoms with Gasteiger partial charge in [-0.1, -0.05) is 13.0 Å². The van der Waals surface area contributed by atoms with E-state index in [-0.39, 0.29) is 16.8 Å². The third kappa shape index (κ3) is 2.26. The van der Waals surface area contributed by atoms with Crippen LogP contribution in [0.2, 0.25) is 0 Å². The fraction of sp³-hybridized carbons (Fsp3) is 0.231. The van der Waals surface area contributed by atoms with E-state index in [1.165, 1.54) is 6.20 Å². The fourth-order valence-electron chi connectivity index (χ4n) is 1.79. The molecule has 17 heavy (non-hydrogen) atoms. The second-order valence-electron chi connectivity index (χ2n) is 3.87. The van der Waals surface area contributed by atoms with Gasteiger partial charge in [0.2, 0.25) is 5.43 Å². The minimum Gasteiger partial charge on any atom is -0.360 e. The monoisotopic (exact) mass is 341 g/mol. The van der Waals surface area contributed by atoms with Crippen molar-refractivity contribution in [2.75, 3.05) is 0 Å². The Morgan fingerprint density at radius 1 is 1.41 bits per heavy atom. The molecule has 1 aromatic carbocycles. The van der Waals surface area contributed by atoms with E-state index in [1.54, 1.807) is 0 Å². The van der Waals surface area contributed by atoms with Gasteiger partial charge in [0.05, 0.1) is 16.5 Å². The summed E-state index contributed by atoms with van der Waals surface area (Å²) in [5.74, 6) is -0.0877. The van der Waals surface area contributed by atoms with Gasteiger partial charge in [-0.2, -0.15) is 0 Å². The maximum absolute atomic E-state index is 12.2. The minimum atomic E-state index is -0.165. The highest BCUT2D eigenvalue weighted by atomic mass is 127. The van der Waals surface area contributed by atoms with Gasteiger partial charge in [-0.15, -0.1) is 0 Å². The highest BCUT2D eigenvalue weighted by Gasteiger charge is 2.13. The summed E-state index contributed by atoms with van der Waals surface area (Å²) in [6, 6.07) is 5.59. The molecule has 2 rings (SSSR count). The van der Waals surface area contributed by atoms with Gasteiger partial charge in [-0.3, -0.25) is 9.59 Å². The number of hydrogen-bond donors (Lipinski definition) is 1. The number of H-pyrrole nitrogens is 1. The lowest BCUT2D eigenvalue weighted by molar-refractivity contribution is 0.0980. The van der Waals surface area contributed by atoms with E-state index in [4.69, 9.17) is 0 Å². The van der Waals surface area contributed by atoms with E-state index in [0.717, 1.165) is 15.5 Å². The zero-order valence-corrected chi connectivity index (χ0v) is 11.6. The predicted molar refractivity (Wildman–Crippen MR) is 76.5 cm³/mol. The summed E-state index contributed by atoms with van der Waals surface area (Å²) >= 11 is 2.11. The molecule has 0 spiro atoms. The summed E-state index contributed by atoms with van der Waals surface area (Å²) in [7, 11) is 0. The highest BCUT2D eigenvalue weighted by Crippen LogP contribution is 2.16. The van der Waals surface area contributed by atoms with Gasteiger partial charge in [0.1, 0.15) is 0 Å². The second kappa shape index (κ2) is 5.00. The lowest BCUT2D eigenvalue weighted by atomic mass is 10.1. The summed E-state index contributed by atoms with van der Waals surface area (Å²) in [4.78, 5) is 27.0. The van der Waals surface area contributed by atoms with Crippen LogP contribution in [0.1, 0.15) is 30.1 Å². The topological polar surface area (TPSA) is 49.9 Å². The largest absolute Gasteiger partial charge is 0.360 e. The standard InChI is InChI=1S/C13H12INO2/c1-2-4-11(16)8-7-15-10-6-3-5-9(14)12(10)13(8)17/h3,5-7H,2,4H2,1H3,(H,15,17). The van der Waals surface area contributed by atoms with Crippen molar-refractivity contribution >= 4 is 39.3 Å². The molecule has 0 saturated carbocycles. The molecule has 0 aliphatic carbocycles. The van der Waals surface area contributed by atoms with Crippen LogP contribution in [0.15, 0.2) is 29.2 Å². The van der Waals surface area contributed by atoms with Crippen molar-refractivity contribution in [2.45, 2.75) is 19.8 Å². The second-order valence-corrected chi connectivity index (χ2v) is 5.03. The van der Waals surface area contributed by atoms with E-state index >= 15 is 0 Å². The lowest BCUT2D eigenvalue weighted by Gasteiger charge is -2.03. The molecule has 1 N–H and O–H groups in total. The molecule has 0 atom stereocenters. The van der Waals surface area contributed by atoms with Crippen LogP contribution in [0.5, 0.6) is 0 Å². The zero-order chi connectivity index (χ0) is 12.4. The number of halogens is 1. The van der Waals surface area contributed by atoms with Crippen LogP contribution >= 0.6 is 22.6 Å². The van der Waals surface area contributed by atoms with Gasteiger partial charge in [0, 0.05) is 16.2 Å². The number of pyridine rings is 1. The zero-order valence-electron chi connectivity index (χ0n) is 9.42. The van der Waals surface area contributed by atoms with Crippen LogP contribution < -0.4 is 5.43 Å². The fourth-order valence-corrected chi connectivity index (χ4v) is 2.54. The molecule has 1 aromatic heterocycles. The van der Waals surface area contributed by atoms with Crippen molar-refractivity contribution < 1.29 is 4.79 Å². The van der Waals surface area contributed by atoms with E-state index < -0.39 is 0 Å². The van der Waals surface area contributed by atoms with Gasteiger partial charge >= 0.3 is 0 Å². The van der Waals surface area contributed by atoms with Crippen molar-refractivity contribution in [3.63, 3.8) is 0 Å². The van der Waals surface area contributed by atoms with Crippen LogP contribution in [-0.2, 0) is 0 Å². The summed E-state index contributed by atoms with van der Waals surface area (Å²) in [6.07, 6.45) is 2.69. The van der Waals surface area contributed by atoms with Crippen molar-refractivity contribution in [3.05, 3.63) is 43.8 Å². The van der Waals surface area contributed by atoms with E-state index in [1.807, 2.05) is 25.1 Å². The number of aromatic nitrogens is 1. The molecular weight excluding hydrogens is 329 g/mol. The van der Waals surface area contributed by atoms with Crippen molar-refractivity contribution in [2.24, 2.45) is 0 Å². The molecule has 88 valence electrons. The lowest BCUT2D eigenvalue weighted by Crippen LogP contribution is -2.16. The Hall–Kier alpha value is -1.17. The Morgan fingerprint density at radius 3 is 2.88 bits per heavy atom. The number of carbonyl (C=O) groups is 1. The molecule has 0 unspecified atom stereocenters. The van der Waals surface area contributed by atoms with Crippen LogP contribution in [-0.4, -0.2) is 10.8 Å². The number of benzene rings is 1. The first kappa shape index (κ1) is 12.3. The van der Waals surface area contributed by atoms with Crippen LogP contribution in [0, 0.1) is 3.57 Å². The van der Waals surface area contributed by atoms with Crippen molar-refractivity contribution in [1.82, 2.24) is 4.98 Å². The molecule has 0 radical (unpaired) electrons. The maximum atomic E-state index is 12.2. The number of fused-ring (bicyclic) bond motifs is 1. The predicted octanol–water partition coefficient (Wildman–Crippen LogP) is 3.12. The smallest absolute Gasteiger partial charge is 0.201 e. The van der Waals surface area contributed by atoms with Crippen LogP contribution in [0.4, 0.5) is 0 Å². The molecular formula is C13H12INO2. The molecule has 0 fully saturated rings. The number of nitrogens with one attached hydrogen (secondary N) is 1. The molecule has 4 heteroatoms. The molecule has 0 amide bonds. The third-order valence-electron chi connectivity index (χ3n) is 2.63. The van der Waals surface area contributed by atoms with E-state index in [9.17, 15) is 9.59 Å². The van der Waals surface area contributed by atoms with Crippen LogP contribution in [0.3, 0.4) is 0 Å². The maximum Gasteiger partial charge on any atom is 0.201 e. The average Bonchev–Trinajstić information content (AvgIpc) is 2.29. The molecule has 1 heterocycles. The Balaban J connectivity index is 2.69. The quantitative estimate of drug-likeness (QED) is 0.689. The summed E-state index contributed by atoms with van der Waals surface area (Å²) in [5, 5.41) is 0.607. The third-order valence-corrected chi connectivity index (χ3v) is 3.53. The molecule has 0 saturated heterocycles. The summed E-state index contributed by atoms with van der Waals surface area (Å²) in [6.45, 7) is 1.93. The Morgan fingerprint density at radius 2 is 2.18 bits per heavy atom. The van der Waals surface area contributed by atoms with Gasteiger partial charge < -0.3 is 4.98 Å². The van der Waals surface area contributed by atoms with Gasteiger partial charge in [-0.25, -0.2) is 0 Å². The first-order chi connectivity index (χ1) is 8.15. The molecule has 0 bridgehead atoms. The highest BCUT2D eigenvalue weighted by molar-refractivity contribution is 14.1. The first-order valence-electron chi connectivity index (χ1n) is 5.48. The normalized spacial score (nSPS) is 10.7. The Bertz CT molecular complexity index is 631. The van der Waals surface area contributed by atoms with Crippen LogP contribution in [0.25, 0.3) is 10.9 Å². The molecule has 2 aromatic rings. The average molecular weight is 341 g/mol. The van der Waals surface area contributed by atoms with E-state index in [0.29, 0.717) is 11.8 Å². The Kier molecular flexibility index (Phi) is 3.61. The molecule has 3 nitrogen and oxygen atoms in total. The van der Waals surface area contributed by atoms with Crippen molar-refractivity contribution in [1.29, 1.82) is 0 Å². The summed E-state index contributed by atoms with van der Waals surface area (Å²) < 4.78 is 0.868. The number of carbonyl (C=O) groups excluding carboxylic acids is 1. The van der Waals surface area contributed by atoms with Crippen molar-refractivity contribution in [3.8, 4) is 0 Å². The number of ketones is 1. The first-order valence-corrected chi connectivity index (χ1v) is 6.56. The van der Waals surface area contributed by atoms with Gasteiger partial charge in [0.15, 0.2) is 5.78 Å². The van der Waals surface area contributed by atoms with E-state index in [2.05, 4.69) is 27.6 Å². The minimum absolute atomic E-state index is 0.0877. The Labute approximate surface area is 112 Å². The molecule has 0 aliphatic heterocycles.